The van der Waals surface area contributed by atoms with E-state index in [0.717, 1.165) is 11.4 Å². The van der Waals surface area contributed by atoms with Crippen LogP contribution in [0.2, 0.25) is 0 Å². The SMILES string of the molecule is CC1Oc2ccccc2N(CCC(=O)Nc2cccc(Nc3ccccc3)c2)C1=O. The van der Waals surface area contributed by atoms with Crippen LogP contribution in [0.25, 0.3) is 0 Å². The molecule has 0 saturated heterocycles. The molecule has 0 radical (unpaired) electrons. The van der Waals surface area contributed by atoms with Crippen LogP contribution in [-0.2, 0) is 9.59 Å². The van der Waals surface area contributed by atoms with E-state index in [0.29, 0.717) is 17.1 Å². The quantitative estimate of drug-likeness (QED) is 0.635. The predicted molar refractivity (Wildman–Crippen MR) is 118 cm³/mol. The summed E-state index contributed by atoms with van der Waals surface area (Å²) < 4.78 is 5.64. The summed E-state index contributed by atoms with van der Waals surface area (Å²) in [6.45, 7) is 2.01. The van der Waals surface area contributed by atoms with Crippen LogP contribution in [-0.4, -0.2) is 24.5 Å². The van der Waals surface area contributed by atoms with Gasteiger partial charge in [-0.2, -0.15) is 0 Å². The molecule has 2 N–H and O–H groups in total. The van der Waals surface area contributed by atoms with Crippen molar-refractivity contribution in [3.05, 3.63) is 78.9 Å². The fourth-order valence-electron chi connectivity index (χ4n) is 3.39. The van der Waals surface area contributed by atoms with Gasteiger partial charge in [0.1, 0.15) is 5.75 Å². The second-order valence-electron chi connectivity index (χ2n) is 7.09. The highest BCUT2D eigenvalue weighted by molar-refractivity contribution is 6.00. The molecule has 1 atom stereocenters. The fourth-order valence-corrected chi connectivity index (χ4v) is 3.39. The summed E-state index contributed by atoms with van der Waals surface area (Å²) in [6.07, 6.45) is -0.382. The minimum absolute atomic E-state index is 0.143. The topological polar surface area (TPSA) is 70.7 Å². The maximum Gasteiger partial charge on any atom is 0.267 e. The number of carbonyl (C=O) groups is 2. The Morgan fingerprint density at radius 2 is 1.63 bits per heavy atom. The number of amides is 2. The van der Waals surface area contributed by atoms with Gasteiger partial charge < -0.3 is 20.3 Å². The van der Waals surface area contributed by atoms with E-state index >= 15 is 0 Å². The first-order chi connectivity index (χ1) is 14.6. The van der Waals surface area contributed by atoms with Crippen molar-refractivity contribution in [2.45, 2.75) is 19.4 Å². The second-order valence-corrected chi connectivity index (χ2v) is 7.09. The highest BCUT2D eigenvalue weighted by atomic mass is 16.5. The van der Waals surface area contributed by atoms with Gasteiger partial charge >= 0.3 is 0 Å². The molecule has 6 heteroatoms. The van der Waals surface area contributed by atoms with E-state index in [-0.39, 0.29) is 24.8 Å². The number of carbonyl (C=O) groups excluding carboxylic acids is 2. The minimum atomic E-state index is -0.566. The second kappa shape index (κ2) is 8.69. The predicted octanol–water partition coefficient (Wildman–Crippen LogP) is 4.57. The third kappa shape index (κ3) is 4.43. The molecule has 0 fully saturated rings. The Morgan fingerprint density at radius 1 is 0.933 bits per heavy atom. The molecule has 4 rings (SSSR count). The summed E-state index contributed by atoms with van der Waals surface area (Å²) in [7, 11) is 0. The van der Waals surface area contributed by atoms with Crippen molar-refractivity contribution in [3.63, 3.8) is 0 Å². The summed E-state index contributed by atoms with van der Waals surface area (Å²) in [5, 5.41) is 6.21. The fraction of sp³-hybridized carbons (Fsp3) is 0.167. The Bertz CT molecular complexity index is 1050. The van der Waals surface area contributed by atoms with Crippen LogP contribution in [0.15, 0.2) is 78.9 Å². The highest BCUT2D eigenvalue weighted by Crippen LogP contribution is 2.33. The number of rotatable bonds is 6. The average molecular weight is 401 g/mol. The van der Waals surface area contributed by atoms with Crippen molar-refractivity contribution in [2.75, 3.05) is 22.1 Å². The van der Waals surface area contributed by atoms with Crippen molar-refractivity contribution < 1.29 is 14.3 Å². The molecule has 1 aliphatic rings. The van der Waals surface area contributed by atoms with Crippen molar-refractivity contribution in [2.24, 2.45) is 0 Å². The lowest BCUT2D eigenvalue weighted by Gasteiger charge is -2.32. The van der Waals surface area contributed by atoms with Gasteiger partial charge in [-0.3, -0.25) is 9.59 Å². The van der Waals surface area contributed by atoms with Gasteiger partial charge in [-0.25, -0.2) is 0 Å². The molecule has 0 spiro atoms. The molecular weight excluding hydrogens is 378 g/mol. The van der Waals surface area contributed by atoms with Crippen LogP contribution in [0, 0.1) is 0 Å². The zero-order valence-corrected chi connectivity index (χ0v) is 16.7. The largest absolute Gasteiger partial charge is 0.479 e. The van der Waals surface area contributed by atoms with Crippen molar-refractivity contribution in [3.8, 4) is 5.75 Å². The van der Waals surface area contributed by atoms with E-state index in [4.69, 9.17) is 4.74 Å². The molecular formula is C24H23N3O3. The summed E-state index contributed by atoms with van der Waals surface area (Å²) >= 11 is 0. The highest BCUT2D eigenvalue weighted by Gasteiger charge is 2.31. The molecule has 30 heavy (non-hydrogen) atoms. The Kier molecular flexibility index (Phi) is 5.66. The van der Waals surface area contributed by atoms with Gasteiger partial charge in [0, 0.05) is 30.0 Å². The van der Waals surface area contributed by atoms with Gasteiger partial charge in [0.05, 0.1) is 5.69 Å². The number of para-hydroxylation sites is 3. The minimum Gasteiger partial charge on any atom is -0.479 e. The Labute approximate surface area is 175 Å². The first-order valence-electron chi connectivity index (χ1n) is 9.89. The number of fused-ring (bicyclic) bond motifs is 1. The van der Waals surface area contributed by atoms with Crippen LogP contribution in [0.5, 0.6) is 5.75 Å². The molecule has 1 heterocycles. The van der Waals surface area contributed by atoms with Crippen LogP contribution in [0.1, 0.15) is 13.3 Å². The van der Waals surface area contributed by atoms with Crippen molar-refractivity contribution >= 4 is 34.6 Å². The monoisotopic (exact) mass is 401 g/mol. The van der Waals surface area contributed by atoms with E-state index in [1.54, 1.807) is 11.8 Å². The number of anilines is 4. The van der Waals surface area contributed by atoms with Gasteiger partial charge in [-0.15, -0.1) is 0 Å². The molecule has 1 aliphatic heterocycles. The first-order valence-corrected chi connectivity index (χ1v) is 9.89. The van der Waals surface area contributed by atoms with Crippen molar-refractivity contribution in [1.29, 1.82) is 0 Å². The molecule has 2 amide bonds. The number of benzene rings is 3. The number of nitrogens with one attached hydrogen (secondary N) is 2. The van der Waals surface area contributed by atoms with Gasteiger partial charge in [0.25, 0.3) is 5.91 Å². The van der Waals surface area contributed by atoms with Gasteiger partial charge in [-0.1, -0.05) is 36.4 Å². The molecule has 152 valence electrons. The van der Waals surface area contributed by atoms with Gasteiger partial charge in [0.2, 0.25) is 5.91 Å². The smallest absolute Gasteiger partial charge is 0.267 e. The third-order valence-corrected chi connectivity index (χ3v) is 4.84. The molecule has 3 aromatic carbocycles. The average Bonchev–Trinajstić information content (AvgIpc) is 2.75. The van der Waals surface area contributed by atoms with Gasteiger partial charge in [0.15, 0.2) is 6.10 Å². The van der Waals surface area contributed by atoms with Crippen LogP contribution in [0.3, 0.4) is 0 Å². The van der Waals surface area contributed by atoms with Crippen molar-refractivity contribution in [1.82, 2.24) is 0 Å². The lowest BCUT2D eigenvalue weighted by molar-refractivity contribution is -0.125. The van der Waals surface area contributed by atoms with E-state index in [2.05, 4.69) is 10.6 Å². The zero-order chi connectivity index (χ0) is 20.9. The maximum atomic E-state index is 12.5. The molecule has 0 saturated carbocycles. The van der Waals surface area contributed by atoms with Gasteiger partial charge in [-0.05, 0) is 49.4 Å². The summed E-state index contributed by atoms with van der Waals surface area (Å²) in [4.78, 5) is 26.7. The summed E-state index contributed by atoms with van der Waals surface area (Å²) in [5.74, 6) is 0.358. The Balaban J connectivity index is 1.38. The number of ether oxygens (including phenoxy) is 1. The lowest BCUT2D eigenvalue weighted by atomic mass is 10.1. The van der Waals surface area contributed by atoms with E-state index < -0.39 is 6.10 Å². The standard InChI is InChI=1S/C24H23N3O3/c1-17-24(29)27(21-12-5-6-13-22(21)30-17)15-14-23(28)26-20-11-7-10-19(16-20)25-18-8-3-2-4-9-18/h2-13,16-17,25H,14-15H2,1H3,(H,26,28). The molecule has 0 aromatic heterocycles. The molecule has 1 unspecified atom stereocenters. The number of hydrogen-bond acceptors (Lipinski definition) is 4. The Morgan fingerprint density at radius 3 is 2.47 bits per heavy atom. The van der Waals surface area contributed by atoms with E-state index in [9.17, 15) is 9.59 Å². The molecule has 0 aliphatic carbocycles. The normalized spacial score (nSPS) is 15.2. The number of hydrogen-bond donors (Lipinski definition) is 2. The van der Waals surface area contributed by atoms with E-state index in [1.165, 1.54) is 0 Å². The molecule has 3 aromatic rings. The van der Waals surface area contributed by atoms with Crippen LogP contribution < -0.4 is 20.3 Å². The summed E-state index contributed by atoms with van der Waals surface area (Å²) in [5.41, 5.74) is 3.25. The third-order valence-electron chi connectivity index (χ3n) is 4.84. The zero-order valence-electron chi connectivity index (χ0n) is 16.7. The number of nitrogens with zero attached hydrogens (tertiary/aromatic N) is 1. The summed E-state index contributed by atoms with van der Waals surface area (Å²) in [6, 6.07) is 24.7. The lowest BCUT2D eigenvalue weighted by Crippen LogP contribution is -2.45. The Hall–Kier alpha value is -3.80. The van der Waals surface area contributed by atoms with Crippen LogP contribution >= 0.6 is 0 Å². The molecule has 6 nitrogen and oxygen atoms in total. The maximum absolute atomic E-state index is 12.5. The molecule has 0 bridgehead atoms. The van der Waals surface area contributed by atoms with E-state index in [1.807, 2.05) is 78.9 Å². The first kappa shape index (κ1) is 19.5. The van der Waals surface area contributed by atoms with Crippen LogP contribution in [0.4, 0.5) is 22.7 Å².